The van der Waals surface area contributed by atoms with Crippen LogP contribution in [0.4, 0.5) is 4.39 Å². The fraction of sp³-hybridized carbons (Fsp3) is 0.143. The minimum Gasteiger partial charge on any atom is -0.227 e. The van der Waals surface area contributed by atoms with E-state index in [1.54, 1.807) is 0 Å². The Morgan fingerprint density at radius 3 is 3.09 bits per heavy atom. The first-order valence-corrected chi connectivity index (χ1v) is 3.29. The van der Waals surface area contributed by atoms with Gasteiger partial charge in [-0.2, -0.15) is 9.65 Å². The van der Waals surface area contributed by atoms with Crippen molar-refractivity contribution in [3.63, 3.8) is 0 Å². The highest BCUT2D eigenvalue weighted by molar-refractivity contribution is 6.31. The third-order valence-corrected chi connectivity index (χ3v) is 1.59. The number of hydrogen-bond acceptors (Lipinski definition) is 2. The SMILES string of the molecule is N#CCc1ccnc(F)c1Cl. The summed E-state index contributed by atoms with van der Waals surface area (Å²) in [6, 6.07) is 3.40. The molecule has 1 aromatic rings. The molecule has 56 valence electrons. The minimum atomic E-state index is -0.723. The molecule has 11 heavy (non-hydrogen) atoms. The number of nitriles is 1. The van der Waals surface area contributed by atoms with Crippen molar-refractivity contribution in [3.8, 4) is 6.07 Å². The molecule has 0 bridgehead atoms. The van der Waals surface area contributed by atoms with Crippen LogP contribution in [0.25, 0.3) is 0 Å². The molecule has 1 rings (SSSR count). The number of pyridine rings is 1. The molecule has 0 radical (unpaired) electrons. The molecule has 0 aliphatic heterocycles. The van der Waals surface area contributed by atoms with Crippen molar-refractivity contribution in [3.05, 3.63) is 28.8 Å². The van der Waals surface area contributed by atoms with Crippen LogP contribution in [-0.4, -0.2) is 4.98 Å². The second kappa shape index (κ2) is 3.31. The standard InChI is InChI=1S/C7H4ClFN2/c8-6-5(1-3-10)2-4-11-7(6)9/h2,4H,1H2. The highest BCUT2D eigenvalue weighted by Gasteiger charge is 2.04. The summed E-state index contributed by atoms with van der Waals surface area (Å²) in [6.45, 7) is 0. The van der Waals surface area contributed by atoms with Gasteiger partial charge in [-0.25, -0.2) is 4.98 Å². The molecule has 0 spiro atoms. The molecule has 2 nitrogen and oxygen atoms in total. The van der Waals surface area contributed by atoms with Crippen LogP contribution in [0.15, 0.2) is 12.3 Å². The maximum absolute atomic E-state index is 12.6. The van der Waals surface area contributed by atoms with Gasteiger partial charge >= 0.3 is 0 Å². The number of hydrogen-bond donors (Lipinski definition) is 0. The smallest absolute Gasteiger partial charge is 0.227 e. The number of rotatable bonds is 1. The molecule has 4 heteroatoms. The Kier molecular flexibility index (Phi) is 2.40. The van der Waals surface area contributed by atoms with Crippen molar-refractivity contribution in [1.82, 2.24) is 4.98 Å². The van der Waals surface area contributed by atoms with E-state index in [9.17, 15) is 4.39 Å². The van der Waals surface area contributed by atoms with E-state index in [0.29, 0.717) is 5.56 Å². The molecular weight excluding hydrogens is 167 g/mol. The zero-order chi connectivity index (χ0) is 8.27. The van der Waals surface area contributed by atoms with Crippen molar-refractivity contribution in [2.24, 2.45) is 0 Å². The lowest BCUT2D eigenvalue weighted by Crippen LogP contribution is -1.89. The van der Waals surface area contributed by atoms with Crippen LogP contribution in [-0.2, 0) is 6.42 Å². The van der Waals surface area contributed by atoms with Crippen LogP contribution in [0.2, 0.25) is 5.02 Å². The minimum absolute atomic E-state index is 0.0611. The molecule has 0 unspecified atom stereocenters. The first-order valence-electron chi connectivity index (χ1n) is 2.91. The van der Waals surface area contributed by atoms with Gasteiger partial charge in [-0.3, -0.25) is 0 Å². The van der Waals surface area contributed by atoms with Gasteiger partial charge < -0.3 is 0 Å². The average Bonchev–Trinajstić information content (AvgIpc) is 1.99. The molecule has 0 fully saturated rings. The van der Waals surface area contributed by atoms with E-state index in [1.165, 1.54) is 12.3 Å². The largest absolute Gasteiger partial charge is 0.231 e. The van der Waals surface area contributed by atoms with Crippen molar-refractivity contribution in [1.29, 1.82) is 5.26 Å². The summed E-state index contributed by atoms with van der Waals surface area (Å²) in [4.78, 5) is 3.31. The van der Waals surface area contributed by atoms with Gasteiger partial charge in [0.2, 0.25) is 5.95 Å². The van der Waals surface area contributed by atoms with E-state index in [4.69, 9.17) is 16.9 Å². The maximum atomic E-state index is 12.6. The molecule has 0 atom stereocenters. The molecule has 1 aromatic heterocycles. The van der Waals surface area contributed by atoms with Crippen molar-refractivity contribution >= 4 is 11.6 Å². The molecule has 0 N–H and O–H groups in total. The summed E-state index contributed by atoms with van der Waals surface area (Å²) in [5.74, 6) is -0.723. The Labute approximate surface area is 68.2 Å². The predicted octanol–water partition coefficient (Wildman–Crippen LogP) is 1.94. The van der Waals surface area contributed by atoms with Gasteiger partial charge in [0.25, 0.3) is 0 Å². The lowest BCUT2D eigenvalue weighted by atomic mass is 10.2. The van der Waals surface area contributed by atoms with Crippen molar-refractivity contribution in [2.45, 2.75) is 6.42 Å². The fourth-order valence-electron chi connectivity index (χ4n) is 0.677. The lowest BCUT2D eigenvalue weighted by Gasteiger charge is -1.97. The van der Waals surface area contributed by atoms with Crippen LogP contribution in [0.3, 0.4) is 0 Å². The van der Waals surface area contributed by atoms with Crippen LogP contribution >= 0.6 is 11.6 Å². The fourth-order valence-corrected chi connectivity index (χ4v) is 0.855. The summed E-state index contributed by atoms with van der Waals surface area (Å²) in [6.07, 6.45) is 1.39. The van der Waals surface area contributed by atoms with Gasteiger partial charge in [-0.1, -0.05) is 11.6 Å². The zero-order valence-corrected chi connectivity index (χ0v) is 6.27. The van der Waals surface area contributed by atoms with E-state index in [2.05, 4.69) is 4.98 Å². The van der Waals surface area contributed by atoms with Gasteiger partial charge in [0, 0.05) is 6.20 Å². The highest BCUT2D eigenvalue weighted by Crippen LogP contribution is 2.17. The van der Waals surface area contributed by atoms with Gasteiger partial charge in [0.15, 0.2) is 0 Å². The monoisotopic (exact) mass is 170 g/mol. The third-order valence-electron chi connectivity index (χ3n) is 1.20. The molecule has 0 amide bonds. The molecule has 0 saturated heterocycles. The van der Waals surface area contributed by atoms with Crippen molar-refractivity contribution < 1.29 is 4.39 Å². The topological polar surface area (TPSA) is 36.7 Å². The highest BCUT2D eigenvalue weighted by atomic mass is 35.5. The van der Waals surface area contributed by atoms with E-state index in [1.807, 2.05) is 6.07 Å². The number of nitrogens with zero attached hydrogens (tertiary/aromatic N) is 2. The van der Waals surface area contributed by atoms with E-state index in [0.717, 1.165) is 0 Å². The Morgan fingerprint density at radius 2 is 2.45 bits per heavy atom. The first-order chi connectivity index (χ1) is 5.25. The normalized spacial score (nSPS) is 9.18. The molecule has 0 aliphatic rings. The number of aromatic nitrogens is 1. The Bertz CT molecular complexity index is 306. The first kappa shape index (κ1) is 7.96. The second-order valence-corrected chi connectivity index (χ2v) is 2.29. The summed E-state index contributed by atoms with van der Waals surface area (Å²) in [5, 5.41) is 8.22. The Morgan fingerprint density at radius 1 is 1.73 bits per heavy atom. The van der Waals surface area contributed by atoms with E-state index in [-0.39, 0.29) is 11.4 Å². The quantitative estimate of drug-likeness (QED) is 0.604. The van der Waals surface area contributed by atoms with Crippen LogP contribution in [0, 0.1) is 17.3 Å². The number of halogens is 2. The molecular formula is C7H4ClFN2. The second-order valence-electron chi connectivity index (χ2n) is 1.91. The van der Waals surface area contributed by atoms with Gasteiger partial charge in [-0.15, -0.1) is 0 Å². The molecule has 0 aliphatic carbocycles. The molecule has 1 heterocycles. The van der Waals surface area contributed by atoms with Gasteiger partial charge in [0.1, 0.15) is 0 Å². The summed E-state index contributed by atoms with van der Waals surface area (Å²) < 4.78 is 12.6. The summed E-state index contributed by atoms with van der Waals surface area (Å²) >= 11 is 5.48. The van der Waals surface area contributed by atoms with Gasteiger partial charge in [-0.05, 0) is 11.6 Å². The average molecular weight is 171 g/mol. The van der Waals surface area contributed by atoms with Crippen LogP contribution in [0.1, 0.15) is 5.56 Å². The van der Waals surface area contributed by atoms with Gasteiger partial charge in [0.05, 0.1) is 17.5 Å². The molecule has 0 aromatic carbocycles. The maximum Gasteiger partial charge on any atom is 0.231 e. The lowest BCUT2D eigenvalue weighted by molar-refractivity contribution is 0.582. The molecule has 0 saturated carbocycles. The van der Waals surface area contributed by atoms with E-state index >= 15 is 0 Å². The zero-order valence-electron chi connectivity index (χ0n) is 5.51. The third kappa shape index (κ3) is 1.66. The summed E-state index contributed by atoms with van der Waals surface area (Å²) in [7, 11) is 0. The Hall–Kier alpha value is -1.14. The van der Waals surface area contributed by atoms with Crippen LogP contribution in [0.5, 0.6) is 0 Å². The Balaban J connectivity index is 3.08. The summed E-state index contributed by atoms with van der Waals surface area (Å²) in [5.41, 5.74) is 0.474. The van der Waals surface area contributed by atoms with Crippen LogP contribution < -0.4 is 0 Å². The van der Waals surface area contributed by atoms with Crippen molar-refractivity contribution in [2.75, 3.05) is 0 Å². The predicted molar refractivity (Wildman–Crippen MR) is 38.5 cm³/mol. The van der Waals surface area contributed by atoms with E-state index < -0.39 is 5.95 Å².